The first-order valence-electron chi connectivity index (χ1n) is 11.3. The summed E-state index contributed by atoms with van der Waals surface area (Å²) in [6, 6.07) is 20.1. The minimum absolute atomic E-state index is 0.195. The Morgan fingerprint density at radius 2 is 1.83 bits per heavy atom. The van der Waals surface area contributed by atoms with E-state index < -0.39 is 11.5 Å². The smallest absolute Gasteiger partial charge is 0.335 e. The molecular weight excluding hydrogens is 464 g/mol. The second kappa shape index (κ2) is 8.03. The van der Waals surface area contributed by atoms with Gasteiger partial charge in [0.05, 0.1) is 28.4 Å². The van der Waals surface area contributed by atoms with Gasteiger partial charge in [-0.25, -0.2) is 4.79 Å². The number of carboxylic acid groups (broad SMARTS) is 1. The van der Waals surface area contributed by atoms with Crippen LogP contribution in [0.1, 0.15) is 44.7 Å². The van der Waals surface area contributed by atoms with Crippen LogP contribution in [0.5, 0.6) is 0 Å². The van der Waals surface area contributed by atoms with Gasteiger partial charge in [0.25, 0.3) is 5.91 Å². The number of furan rings is 1. The molecule has 1 aliphatic carbocycles. The van der Waals surface area contributed by atoms with E-state index in [0.717, 1.165) is 40.3 Å². The highest BCUT2D eigenvalue weighted by Gasteiger charge is 2.46. The third kappa shape index (κ3) is 3.76. The van der Waals surface area contributed by atoms with Crippen LogP contribution in [0.4, 0.5) is 0 Å². The van der Waals surface area contributed by atoms with Crippen molar-refractivity contribution in [2.45, 2.75) is 24.9 Å². The molecule has 0 aliphatic heterocycles. The molecule has 2 heterocycles. The van der Waals surface area contributed by atoms with Gasteiger partial charge in [0, 0.05) is 28.5 Å². The quantitative estimate of drug-likeness (QED) is 0.300. The number of benzene rings is 3. The number of aromatic nitrogens is 1. The molecule has 1 saturated carbocycles. The molecule has 0 atom stereocenters. The number of hydrogen-bond acceptors (Lipinski definition) is 3. The summed E-state index contributed by atoms with van der Waals surface area (Å²) in [6.07, 6.45) is 5.19. The zero-order valence-corrected chi connectivity index (χ0v) is 19.4. The molecule has 6 nitrogen and oxygen atoms in total. The van der Waals surface area contributed by atoms with E-state index in [4.69, 9.17) is 16.0 Å². The summed E-state index contributed by atoms with van der Waals surface area (Å²) in [7, 11) is 0. The number of rotatable bonds is 6. The van der Waals surface area contributed by atoms with Crippen LogP contribution < -0.4 is 5.32 Å². The third-order valence-corrected chi connectivity index (χ3v) is 6.99. The Labute approximate surface area is 205 Å². The highest BCUT2D eigenvalue weighted by molar-refractivity contribution is 6.30. The van der Waals surface area contributed by atoms with E-state index in [1.54, 1.807) is 36.6 Å². The molecule has 0 bridgehead atoms. The summed E-state index contributed by atoms with van der Waals surface area (Å²) in [4.78, 5) is 24.9. The monoisotopic (exact) mass is 484 g/mol. The fourth-order valence-electron chi connectivity index (χ4n) is 4.81. The van der Waals surface area contributed by atoms with Crippen molar-refractivity contribution in [2.24, 2.45) is 0 Å². The van der Waals surface area contributed by atoms with Crippen LogP contribution in [-0.2, 0) is 12.1 Å². The lowest BCUT2D eigenvalue weighted by molar-refractivity contribution is 0.0696. The van der Waals surface area contributed by atoms with Crippen molar-refractivity contribution in [3.8, 4) is 0 Å². The Kier molecular flexibility index (Phi) is 4.93. The Bertz CT molecular complexity index is 1610. The van der Waals surface area contributed by atoms with E-state index in [2.05, 4.69) is 9.88 Å². The van der Waals surface area contributed by atoms with E-state index in [-0.39, 0.29) is 11.5 Å². The first-order valence-corrected chi connectivity index (χ1v) is 11.7. The summed E-state index contributed by atoms with van der Waals surface area (Å²) >= 11 is 6.19. The van der Waals surface area contributed by atoms with Gasteiger partial charge in [0.2, 0.25) is 0 Å². The standard InChI is InChI=1S/C28H21ClN2O4/c29-20-3-1-2-17(14-20)16-31-12-8-22-21-9-13-35-24(21)15-23(25(22)31)26(32)30-28(10-11-28)19-6-4-18(5-7-19)27(33)34/h1-9,12-15H,10-11,16H2,(H,30,32)(H,33,34). The molecule has 2 N–H and O–H groups in total. The molecule has 6 rings (SSSR count). The lowest BCUT2D eigenvalue weighted by Gasteiger charge is -2.19. The van der Waals surface area contributed by atoms with Gasteiger partial charge in [-0.05, 0) is 66.4 Å². The predicted octanol–water partition coefficient (Wildman–Crippen LogP) is 6.21. The normalized spacial score (nSPS) is 14.3. The van der Waals surface area contributed by atoms with Gasteiger partial charge in [-0.2, -0.15) is 0 Å². The number of hydrogen-bond donors (Lipinski definition) is 2. The highest BCUT2D eigenvalue weighted by atomic mass is 35.5. The van der Waals surface area contributed by atoms with Crippen LogP contribution in [0.2, 0.25) is 5.02 Å². The summed E-state index contributed by atoms with van der Waals surface area (Å²) < 4.78 is 7.72. The fraction of sp³-hybridized carbons (Fsp3) is 0.143. The largest absolute Gasteiger partial charge is 0.478 e. The first kappa shape index (κ1) is 21.5. The van der Waals surface area contributed by atoms with Crippen LogP contribution in [0.3, 0.4) is 0 Å². The van der Waals surface area contributed by atoms with Crippen LogP contribution >= 0.6 is 11.6 Å². The molecule has 7 heteroatoms. The van der Waals surface area contributed by atoms with Gasteiger partial charge in [-0.3, -0.25) is 4.79 Å². The maximum Gasteiger partial charge on any atom is 0.335 e. The number of carbonyl (C=O) groups is 2. The average molecular weight is 485 g/mol. The minimum Gasteiger partial charge on any atom is -0.478 e. The maximum atomic E-state index is 13.7. The SMILES string of the molecule is O=C(O)c1ccc(C2(NC(=O)c3cc4occc4c4ccn(Cc5cccc(Cl)c5)c34)CC2)cc1. The Balaban J connectivity index is 1.40. The van der Waals surface area contributed by atoms with Crippen LogP contribution in [0.25, 0.3) is 21.9 Å². The molecular formula is C28H21ClN2O4. The van der Waals surface area contributed by atoms with Gasteiger partial charge in [-0.1, -0.05) is 35.9 Å². The number of nitrogens with one attached hydrogen (secondary N) is 1. The van der Waals surface area contributed by atoms with Crippen LogP contribution in [0, 0.1) is 0 Å². The molecule has 0 spiro atoms. The number of aromatic carboxylic acids is 1. The summed E-state index contributed by atoms with van der Waals surface area (Å²) in [5.41, 5.74) is 3.67. The van der Waals surface area contributed by atoms with E-state index in [0.29, 0.717) is 22.7 Å². The molecule has 5 aromatic rings. The van der Waals surface area contributed by atoms with Gasteiger partial charge >= 0.3 is 5.97 Å². The predicted molar refractivity (Wildman–Crippen MR) is 134 cm³/mol. The van der Waals surface area contributed by atoms with E-state index in [1.807, 2.05) is 42.6 Å². The Morgan fingerprint density at radius 1 is 1.03 bits per heavy atom. The first-order chi connectivity index (χ1) is 16.9. The lowest BCUT2D eigenvalue weighted by atomic mass is 10.0. The molecule has 3 aromatic carbocycles. The number of carbonyl (C=O) groups excluding carboxylic acids is 1. The van der Waals surface area contributed by atoms with E-state index in [9.17, 15) is 14.7 Å². The Hall–Kier alpha value is -4.03. The molecule has 1 aliphatic rings. The number of nitrogens with zero attached hydrogens (tertiary/aromatic N) is 1. The van der Waals surface area contributed by atoms with Crippen molar-refractivity contribution in [3.05, 3.63) is 106 Å². The van der Waals surface area contributed by atoms with Gasteiger partial charge in [0.1, 0.15) is 5.58 Å². The van der Waals surface area contributed by atoms with Crippen LogP contribution in [-0.4, -0.2) is 21.6 Å². The minimum atomic E-state index is -0.972. The molecule has 0 unspecified atom stereocenters. The number of carboxylic acids is 1. The fourth-order valence-corrected chi connectivity index (χ4v) is 5.02. The van der Waals surface area contributed by atoms with Gasteiger partial charge < -0.3 is 19.4 Å². The van der Waals surface area contributed by atoms with Gasteiger partial charge in [-0.15, -0.1) is 0 Å². The molecule has 0 radical (unpaired) electrons. The molecule has 1 amide bonds. The molecule has 2 aromatic heterocycles. The van der Waals surface area contributed by atoms with E-state index in [1.165, 1.54) is 0 Å². The molecule has 174 valence electrons. The Morgan fingerprint density at radius 3 is 2.54 bits per heavy atom. The summed E-state index contributed by atoms with van der Waals surface area (Å²) in [5, 5.41) is 15.0. The van der Waals surface area contributed by atoms with Crippen molar-refractivity contribution in [3.63, 3.8) is 0 Å². The number of halogens is 1. The van der Waals surface area contributed by atoms with Crippen molar-refractivity contribution in [1.82, 2.24) is 9.88 Å². The average Bonchev–Trinajstić information content (AvgIpc) is 3.26. The van der Waals surface area contributed by atoms with E-state index >= 15 is 0 Å². The molecule has 35 heavy (non-hydrogen) atoms. The molecule has 0 saturated heterocycles. The summed E-state index contributed by atoms with van der Waals surface area (Å²) in [5.74, 6) is -1.17. The number of amides is 1. The lowest BCUT2D eigenvalue weighted by Crippen LogP contribution is -2.35. The highest BCUT2D eigenvalue weighted by Crippen LogP contribution is 2.46. The summed E-state index contributed by atoms with van der Waals surface area (Å²) in [6.45, 7) is 0.565. The zero-order valence-electron chi connectivity index (χ0n) is 18.6. The van der Waals surface area contributed by atoms with Crippen molar-refractivity contribution in [1.29, 1.82) is 0 Å². The third-order valence-electron chi connectivity index (χ3n) is 6.75. The number of fused-ring (bicyclic) bond motifs is 3. The van der Waals surface area contributed by atoms with Gasteiger partial charge in [0.15, 0.2) is 0 Å². The van der Waals surface area contributed by atoms with Crippen molar-refractivity contribution in [2.75, 3.05) is 0 Å². The maximum absolute atomic E-state index is 13.7. The van der Waals surface area contributed by atoms with Crippen LogP contribution in [0.15, 0.2) is 83.6 Å². The van der Waals surface area contributed by atoms with Crippen molar-refractivity contribution < 1.29 is 19.1 Å². The second-order valence-corrected chi connectivity index (χ2v) is 9.45. The topological polar surface area (TPSA) is 84.5 Å². The molecule has 1 fully saturated rings. The second-order valence-electron chi connectivity index (χ2n) is 9.01. The zero-order chi connectivity index (χ0) is 24.2. The van der Waals surface area contributed by atoms with Crippen molar-refractivity contribution >= 4 is 45.3 Å².